The maximum Gasteiger partial charge on any atom is 0.262 e. The molecule has 25 heavy (non-hydrogen) atoms. The number of rotatable bonds is 5. The number of fused-ring (bicyclic) bond motifs is 1. The van der Waals surface area contributed by atoms with Crippen LogP contribution >= 0.6 is 0 Å². The average molecular weight is 355 g/mol. The van der Waals surface area contributed by atoms with E-state index in [0.717, 1.165) is 17.0 Å². The monoisotopic (exact) mass is 355 g/mol. The highest BCUT2D eigenvalue weighted by molar-refractivity contribution is 7.90. The lowest BCUT2D eigenvalue weighted by Gasteiger charge is -2.09. The van der Waals surface area contributed by atoms with Gasteiger partial charge in [0, 0.05) is 11.9 Å². The minimum Gasteiger partial charge on any atom is -0.484 e. The van der Waals surface area contributed by atoms with E-state index in [4.69, 9.17) is 4.74 Å². The van der Waals surface area contributed by atoms with Gasteiger partial charge < -0.3 is 10.1 Å². The predicted molar refractivity (Wildman–Crippen MR) is 97.6 cm³/mol. The molecule has 0 aliphatic heterocycles. The molecule has 0 fully saturated rings. The average Bonchev–Trinajstić information content (AvgIpc) is 2.59. The second kappa shape index (κ2) is 6.94. The summed E-state index contributed by atoms with van der Waals surface area (Å²) >= 11 is 0. The minimum atomic E-state index is -3.25. The van der Waals surface area contributed by atoms with Gasteiger partial charge in [-0.15, -0.1) is 0 Å². The van der Waals surface area contributed by atoms with Crippen molar-refractivity contribution in [3.8, 4) is 5.75 Å². The highest BCUT2D eigenvalue weighted by Gasteiger charge is 2.08. The second-order valence-corrected chi connectivity index (χ2v) is 7.66. The molecule has 6 heteroatoms. The molecule has 0 unspecified atom stereocenters. The zero-order valence-corrected chi connectivity index (χ0v) is 14.4. The van der Waals surface area contributed by atoms with Crippen LogP contribution in [0.4, 0.5) is 5.69 Å². The van der Waals surface area contributed by atoms with Crippen LogP contribution in [-0.4, -0.2) is 27.2 Å². The van der Waals surface area contributed by atoms with Crippen LogP contribution in [0.5, 0.6) is 5.75 Å². The smallest absolute Gasteiger partial charge is 0.262 e. The van der Waals surface area contributed by atoms with Crippen molar-refractivity contribution in [2.24, 2.45) is 0 Å². The van der Waals surface area contributed by atoms with Gasteiger partial charge in [-0.05, 0) is 47.2 Å². The normalized spacial score (nSPS) is 11.2. The number of ether oxygens (including phenoxy) is 1. The van der Waals surface area contributed by atoms with E-state index in [-0.39, 0.29) is 17.4 Å². The molecule has 0 aromatic heterocycles. The number of amides is 1. The van der Waals surface area contributed by atoms with Crippen LogP contribution in [0, 0.1) is 0 Å². The predicted octanol–water partition coefficient (Wildman–Crippen LogP) is 3.26. The topological polar surface area (TPSA) is 72.5 Å². The van der Waals surface area contributed by atoms with Gasteiger partial charge in [0.1, 0.15) is 5.75 Å². The summed E-state index contributed by atoms with van der Waals surface area (Å²) in [6.07, 6.45) is 1.14. The van der Waals surface area contributed by atoms with Crippen molar-refractivity contribution in [3.63, 3.8) is 0 Å². The molecule has 0 bridgehead atoms. The van der Waals surface area contributed by atoms with E-state index in [2.05, 4.69) is 5.32 Å². The SMILES string of the molecule is CS(=O)(=O)c1ccc(NC(=O)COc2ccc3ccccc3c2)cc1. The Morgan fingerprint density at radius 1 is 0.960 bits per heavy atom. The van der Waals surface area contributed by atoms with E-state index in [1.165, 1.54) is 12.1 Å². The summed E-state index contributed by atoms with van der Waals surface area (Å²) in [5.41, 5.74) is 0.513. The number of nitrogens with one attached hydrogen (secondary N) is 1. The molecule has 0 radical (unpaired) electrons. The fraction of sp³-hybridized carbons (Fsp3) is 0.105. The van der Waals surface area contributed by atoms with Crippen molar-refractivity contribution in [2.75, 3.05) is 18.2 Å². The van der Waals surface area contributed by atoms with Crippen molar-refractivity contribution in [1.29, 1.82) is 0 Å². The van der Waals surface area contributed by atoms with E-state index in [1.807, 2.05) is 42.5 Å². The zero-order chi connectivity index (χ0) is 17.9. The number of hydrogen-bond donors (Lipinski definition) is 1. The summed E-state index contributed by atoms with van der Waals surface area (Å²) in [5.74, 6) is 0.293. The Morgan fingerprint density at radius 2 is 1.64 bits per heavy atom. The maximum atomic E-state index is 12.0. The molecule has 1 amide bonds. The van der Waals surface area contributed by atoms with Crippen molar-refractivity contribution in [2.45, 2.75) is 4.90 Å². The van der Waals surface area contributed by atoms with Gasteiger partial charge in [-0.1, -0.05) is 30.3 Å². The Hall–Kier alpha value is -2.86. The van der Waals surface area contributed by atoms with Gasteiger partial charge in [-0.3, -0.25) is 4.79 Å². The van der Waals surface area contributed by atoms with Crippen LogP contribution < -0.4 is 10.1 Å². The Morgan fingerprint density at radius 3 is 2.32 bits per heavy atom. The summed E-state index contributed by atoms with van der Waals surface area (Å²) in [5, 5.41) is 4.81. The third kappa shape index (κ3) is 4.36. The van der Waals surface area contributed by atoms with E-state index in [1.54, 1.807) is 12.1 Å². The number of benzene rings is 3. The van der Waals surface area contributed by atoms with Crippen LogP contribution in [0.15, 0.2) is 71.6 Å². The summed E-state index contributed by atoms with van der Waals surface area (Å²) in [4.78, 5) is 12.2. The maximum absolute atomic E-state index is 12.0. The van der Waals surface area contributed by atoms with Crippen molar-refractivity contribution in [1.82, 2.24) is 0 Å². The van der Waals surface area contributed by atoms with E-state index >= 15 is 0 Å². The Kier molecular flexibility index (Phi) is 4.72. The fourth-order valence-corrected chi connectivity index (χ4v) is 3.02. The lowest BCUT2D eigenvalue weighted by molar-refractivity contribution is -0.118. The van der Waals surface area contributed by atoms with Gasteiger partial charge >= 0.3 is 0 Å². The third-order valence-electron chi connectivity index (χ3n) is 3.66. The first-order chi connectivity index (χ1) is 11.9. The lowest BCUT2D eigenvalue weighted by atomic mass is 10.1. The number of sulfone groups is 1. The minimum absolute atomic E-state index is 0.133. The van der Waals surface area contributed by atoms with Gasteiger partial charge in [-0.2, -0.15) is 0 Å². The van der Waals surface area contributed by atoms with Crippen LogP contribution in [-0.2, 0) is 14.6 Å². The molecule has 0 aliphatic rings. The molecule has 3 aromatic rings. The molecule has 0 heterocycles. The number of carbonyl (C=O) groups is 1. The highest BCUT2D eigenvalue weighted by Crippen LogP contribution is 2.20. The molecule has 3 aromatic carbocycles. The van der Waals surface area contributed by atoms with Crippen LogP contribution in [0.3, 0.4) is 0 Å². The lowest BCUT2D eigenvalue weighted by Crippen LogP contribution is -2.20. The molecule has 5 nitrogen and oxygen atoms in total. The van der Waals surface area contributed by atoms with Crippen molar-refractivity contribution >= 4 is 32.2 Å². The molecule has 0 saturated heterocycles. The van der Waals surface area contributed by atoms with Crippen molar-refractivity contribution < 1.29 is 17.9 Å². The van der Waals surface area contributed by atoms with Gasteiger partial charge in [0.25, 0.3) is 5.91 Å². The largest absolute Gasteiger partial charge is 0.484 e. The van der Waals surface area contributed by atoms with Gasteiger partial charge in [0.15, 0.2) is 16.4 Å². The Labute approximate surface area is 146 Å². The number of carbonyl (C=O) groups excluding carboxylic acids is 1. The molecule has 3 rings (SSSR count). The molecular weight excluding hydrogens is 338 g/mol. The van der Waals surface area contributed by atoms with E-state index < -0.39 is 9.84 Å². The summed E-state index contributed by atoms with van der Waals surface area (Å²) < 4.78 is 28.3. The molecule has 128 valence electrons. The zero-order valence-electron chi connectivity index (χ0n) is 13.6. The third-order valence-corrected chi connectivity index (χ3v) is 4.79. The highest BCUT2D eigenvalue weighted by atomic mass is 32.2. The van der Waals surface area contributed by atoms with Gasteiger partial charge in [-0.25, -0.2) is 8.42 Å². The standard InChI is InChI=1S/C19H17NO4S/c1-25(22,23)18-10-7-16(8-11-18)20-19(21)13-24-17-9-6-14-4-2-3-5-15(14)12-17/h2-12H,13H2,1H3,(H,20,21). The summed E-state index contributed by atoms with van der Waals surface area (Å²) in [6.45, 7) is -0.133. The van der Waals surface area contributed by atoms with Crippen molar-refractivity contribution in [3.05, 3.63) is 66.7 Å². The quantitative estimate of drug-likeness (QED) is 0.762. The number of anilines is 1. The van der Waals surface area contributed by atoms with Crippen LogP contribution in [0.2, 0.25) is 0 Å². The summed E-state index contributed by atoms with van der Waals surface area (Å²) in [6, 6.07) is 19.5. The summed E-state index contributed by atoms with van der Waals surface area (Å²) in [7, 11) is -3.25. The van der Waals surface area contributed by atoms with E-state index in [9.17, 15) is 13.2 Å². The molecule has 0 atom stereocenters. The number of hydrogen-bond acceptors (Lipinski definition) is 4. The fourth-order valence-electron chi connectivity index (χ4n) is 2.39. The molecule has 0 saturated carbocycles. The first-order valence-corrected chi connectivity index (χ1v) is 9.52. The second-order valence-electron chi connectivity index (χ2n) is 5.64. The first-order valence-electron chi connectivity index (χ1n) is 7.63. The Balaban J connectivity index is 1.60. The molecule has 0 aliphatic carbocycles. The van der Waals surface area contributed by atoms with Gasteiger partial charge in [0.2, 0.25) is 0 Å². The molecule has 0 spiro atoms. The van der Waals surface area contributed by atoms with Gasteiger partial charge in [0.05, 0.1) is 4.90 Å². The van der Waals surface area contributed by atoms with Crippen LogP contribution in [0.25, 0.3) is 10.8 Å². The molecular formula is C19H17NO4S. The van der Waals surface area contributed by atoms with E-state index in [0.29, 0.717) is 11.4 Å². The van der Waals surface area contributed by atoms with Crippen LogP contribution in [0.1, 0.15) is 0 Å². The Bertz CT molecular complexity index is 1010. The first kappa shape index (κ1) is 17.0. The molecule has 1 N–H and O–H groups in total.